The zero-order chi connectivity index (χ0) is 22.3. The van der Waals surface area contributed by atoms with Gasteiger partial charge in [0.05, 0.1) is 23.3 Å². The van der Waals surface area contributed by atoms with Gasteiger partial charge in [-0.25, -0.2) is 15.0 Å². The third-order valence-electron chi connectivity index (χ3n) is 5.37. The summed E-state index contributed by atoms with van der Waals surface area (Å²) in [5.41, 5.74) is 1.37. The standard InChI is InChI=1S/C21H21FN8O2/c1-29-9-7-21(31,12-29)18-10-16(28-32-18)14-5-3-4-13(24-14)15-6-8-23-20(25-15)26-17-11-30(2)27-19(17)22/h3-6,8,10-11,31H,7,9,12H2,1-2H3,(H,23,25,26)/t21-/m0/s1. The van der Waals surface area contributed by atoms with Crippen molar-refractivity contribution in [2.75, 3.05) is 25.5 Å². The van der Waals surface area contributed by atoms with Crippen LogP contribution in [0, 0.1) is 5.95 Å². The SMILES string of the molecule is CN1CC[C@@](O)(c2cc(-c3cccc(-c4ccnc(Nc5cn(C)nc5F)n4)n3)no2)C1. The third kappa shape index (κ3) is 3.83. The fourth-order valence-electron chi connectivity index (χ4n) is 3.74. The molecule has 4 aromatic heterocycles. The molecule has 0 amide bonds. The van der Waals surface area contributed by atoms with E-state index >= 15 is 0 Å². The Labute approximate surface area is 182 Å². The maximum absolute atomic E-state index is 13.8. The van der Waals surface area contributed by atoms with Gasteiger partial charge in [0.25, 0.3) is 5.95 Å². The molecule has 0 spiro atoms. The molecule has 0 unspecified atom stereocenters. The van der Waals surface area contributed by atoms with E-state index in [0.29, 0.717) is 41.5 Å². The minimum absolute atomic E-state index is 0.178. The first-order valence-corrected chi connectivity index (χ1v) is 10.0. The van der Waals surface area contributed by atoms with Gasteiger partial charge in [-0.15, -0.1) is 5.10 Å². The van der Waals surface area contributed by atoms with Crippen molar-refractivity contribution in [2.45, 2.75) is 12.0 Å². The summed E-state index contributed by atoms with van der Waals surface area (Å²) < 4.78 is 20.6. The molecule has 5 heterocycles. The fourth-order valence-corrected chi connectivity index (χ4v) is 3.74. The minimum atomic E-state index is -1.05. The molecule has 4 aromatic rings. The van der Waals surface area contributed by atoms with Crippen LogP contribution in [0.3, 0.4) is 0 Å². The molecule has 10 nitrogen and oxygen atoms in total. The molecule has 1 saturated heterocycles. The van der Waals surface area contributed by atoms with E-state index in [-0.39, 0.29) is 11.6 Å². The number of aryl methyl sites for hydroxylation is 1. The second-order valence-corrected chi connectivity index (χ2v) is 7.90. The summed E-state index contributed by atoms with van der Waals surface area (Å²) in [7, 11) is 3.58. The quantitative estimate of drug-likeness (QED) is 0.486. The van der Waals surface area contributed by atoms with E-state index in [4.69, 9.17) is 4.52 Å². The number of hydrogen-bond donors (Lipinski definition) is 2. The van der Waals surface area contributed by atoms with Gasteiger partial charge in [0.1, 0.15) is 17.0 Å². The zero-order valence-electron chi connectivity index (χ0n) is 17.5. The molecule has 32 heavy (non-hydrogen) atoms. The molecule has 0 saturated carbocycles. The van der Waals surface area contributed by atoms with Gasteiger partial charge in [0.2, 0.25) is 5.95 Å². The van der Waals surface area contributed by atoms with Crippen LogP contribution >= 0.6 is 0 Å². The minimum Gasteiger partial charge on any atom is -0.380 e. The van der Waals surface area contributed by atoms with Gasteiger partial charge in [0, 0.05) is 32.4 Å². The fraction of sp³-hybridized carbons (Fsp3) is 0.286. The number of likely N-dealkylation sites (N-methyl/N-ethyl adjacent to an activating group) is 1. The molecular weight excluding hydrogens is 415 g/mol. The highest BCUT2D eigenvalue weighted by molar-refractivity contribution is 5.63. The molecular formula is C21H21FN8O2. The third-order valence-corrected chi connectivity index (χ3v) is 5.37. The summed E-state index contributed by atoms with van der Waals surface area (Å²) in [5.74, 6) is 0.00699. The van der Waals surface area contributed by atoms with E-state index in [2.05, 4.69) is 30.5 Å². The Kier molecular flexibility index (Phi) is 4.91. The van der Waals surface area contributed by atoms with Crippen LogP contribution in [0.25, 0.3) is 22.8 Å². The van der Waals surface area contributed by atoms with Crippen LogP contribution in [0.4, 0.5) is 16.0 Å². The second kappa shape index (κ2) is 7.77. The van der Waals surface area contributed by atoms with Crippen LogP contribution in [-0.4, -0.2) is 60.0 Å². The van der Waals surface area contributed by atoms with Gasteiger partial charge in [-0.2, -0.15) is 4.39 Å². The Bertz CT molecular complexity index is 1270. The van der Waals surface area contributed by atoms with Crippen LogP contribution in [-0.2, 0) is 12.6 Å². The van der Waals surface area contributed by atoms with Crippen molar-refractivity contribution < 1.29 is 14.0 Å². The van der Waals surface area contributed by atoms with Crippen molar-refractivity contribution >= 4 is 11.6 Å². The maximum atomic E-state index is 13.8. The van der Waals surface area contributed by atoms with E-state index in [9.17, 15) is 9.50 Å². The lowest BCUT2D eigenvalue weighted by Crippen LogP contribution is -2.28. The largest absolute Gasteiger partial charge is 0.380 e. The molecule has 1 aliphatic heterocycles. The molecule has 2 N–H and O–H groups in total. The number of hydrogen-bond acceptors (Lipinski definition) is 9. The Balaban J connectivity index is 1.41. The molecule has 0 bridgehead atoms. The lowest BCUT2D eigenvalue weighted by atomic mass is 9.99. The number of pyridine rings is 1. The number of β-amino-alcohol motifs (C(OH)–C–C–N with tert-alkyl or cyclic N) is 1. The molecule has 0 aliphatic carbocycles. The van der Waals surface area contributed by atoms with Crippen LogP contribution in [0.5, 0.6) is 0 Å². The number of nitrogens with zero attached hydrogens (tertiary/aromatic N) is 7. The summed E-state index contributed by atoms with van der Waals surface area (Å²) >= 11 is 0. The normalized spacial score (nSPS) is 18.9. The summed E-state index contributed by atoms with van der Waals surface area (Å²) in [6.07, 6.45) is 3.65. The zero-order valence-corrected chi connectivity index (χ0v) is 17.5. The Morgan fingerprint density at radius 2 is 1.91 bits per heavy atom. The molecule has 5 rings (SSSR count). The summed E-state index contributed by atoms with van der Waals surface area (Å²) in [6, 6.07) is 8.88. The van der Waals surface area contributed by atoms with Gasteiger partial charge in [0.15, 0.2) is 5.76 Å². The van der Waals surface area contributed by atoms with E-state index in [1.165, 1.54) is 10.9 Å². The van der Waals surface area contributed by atoms with Crippen LogP contribution in [0.2, 0.25) is 0 Å². The highest BCUT2D eigenvalue weighted by atomic mass is 19.1. The average molecular weight is 436 g/mol. The summed E-state index contributed by atoms with van der Waals surface area (Å²) in [5, 5.41) is 21.4. The van der Waals surface area contributed by atoms with Crippen LogP contribution < -0.4 is 5.32 Å². The van der Waals surface area contributed by atoms with E-state index in [1.54, 1.807) is 37.5 Å². The highest BCUT2D eigenvalue weighted by Crippen LogP contribution is 2.33. The number of aliphatic hydroxyl groups is 1. The number of nitrogens with one attached hydrogen (secondary N) is 1. The highest BCUT2D eigenvalue weighted by Gasteiger charge is 2.39. The average Bonchev–Trinajstić information content (AvgIpc) is 3.48. The second-order valence-electron chi connectivity index (χ2n) is 7.90. The van der Waals surface area contributed by atoms with Gasteiger partial charge >= 0.3 is 0 Å². The number of likely N-dealkylation sites (tertiary alicyclic amines) is 1. The van der Waals surface area contributed by atoms with Gasteiger partial charge in [-0.1, -0.05) is 11.2 Å². The lowest BCUT2D eigenvalue weighted by molar-refractivity contribution is 0.0211. The van der Waals surface area contributed by atoms with E-state index in [0.717, 1.165) is 6.54 Å². The van der Waals surface area contributed by atoms with Gasteiger partial charge in [-0.3, -0.25) is 4.68 Å². The number of halogens is 1. The smallest absolute Gasteiger partial charge is 0.256 e. The lowest BCUT2D eigenvalue weighted by Gasteiger charge is -2.18. The molecule has 0 aromatic carbocycles. The Hall–Kier alpha value is -3.70. The molecule has 0 radical (unpaired) electrons. The molecule has 1 fully saturated rings. The van der Waals surface area contributed by atoms with Gasteiger partial charge < -0.3 is 19.8 Å². The van der Waals surface area contributed by atoms with Crippen molar-refractivity contribution in [1.29, 1.82) is 0 Å². The van der Waals surface area contributed by atoms with E-state index < -0.39 is 11.5 Å². The number of rotatable bonds is 5. The first kappa shape index (κ1) is 20.2. The summed E-state index contributed by atoms with van der Waals surface area (Å²) in [4.78, 5) is 15.3. The van der Waals surface area contributed by atoms with Crippen molar-refractivity contribution in [2.24, 2.45) is 7.05 Å². The maximum Gasteiger partial charge on any atom is 0.256 e. The van der Waals surface area contributed by atoms with Crippen molar-refractivity contribution in [3.63, 3.8) is 0 Å². The van der Waals surface area contributed by atoms with Crippen LogP contribution in [0.15, 0.2) is 47.2 Å². The first-order chi connectivity index (χ1) is 15.4. The number of anilines is 2. The Morgan fingerprint density at radius 1 is 1.12 bits per heavy atom. The topological polar surface area (TPSA) is 118 Å². The predicted octanol–water partition coefficient (Wildman–Crippen LogP) is 2.33. The number of aromatic nitrogens is 6. The molecule has 1 aliphatic rings. The molecule has 11 heteroatoms. The molecule has 164 valence electrons. The van der Waals surface area contributed by atoms with Crippen molar-refractivity contribution in [3.8, 4) is 22.8 Å². The van der Waals surface area contributed by atoms with Crippen molar-refractivity contribution in [3.05, 3.63) is 54.4 Å². The monoisotopic (exact) mass is 436 g/mol. The van der Waals surface area contributed by atoms with E-state index in [1.807, 2.05) is 18.0 Å². The van der Waals surface area contributed by atoms with Gasteiger partial charge in [-0.05, 0) is 31.7 Å². The summed E-state index contributed by atoms with van der Waals surface area (Å²) in [6.45, 7) is 1.27. The van der Waals surface area contributed by atoms with Crippen LogP contribution in [0.1, 0.15) is 12.2 Å². The Morgan fingerprint density at radius 3 is 2.62 bits per heavy atom. The molecule has 1 atom stereocenters. The first-order valence-electron chi connectivity index (χ1n) is 10.0. The van der Waals surface area contributed by atoms with Crippen molar-refractivity contribution in [1.82, 2.24) is 34.8 Å². The predicted molar refractivity (Wildman–Crippen MR) is 113 cm³/mol.